The molecule has 0 radical (unpaired) electrons. The van der Waals surface area contributed by atoms with E-state index in [9.17, 15) is 4.79 Å². The average molecular weight is 284 g/mol. The van der Waals surface area contributed by atoms with E-state index in [0.717, 1.165) is 26.1 Å². The predicted octanol–water partition coefficient (Wildman–Crippen LogP) is 2.27. The number of hydrogen-bond acceptors (Lipinski definition) is 3. The third kappa shape index (κ3) is 9.25. The van der Waals surface area contributed by atoms with Crippen LogP contribution in [-0.2, 0) is 33.7 Å². The van der Waals surface area contributed by atoms with Gasteiger partial charge in [-0.25, -0.2) is 0 Å². The molecule has 1 fully saturated rings. The van der Waals surface area contributed by atoms with Crippen molar-refractivity contribution in [2.75, 3.05) is 13.2 Å². The number of carboxylic acids is 1. The molecule has 0 bridgehead atoms. The molecule has 0 saturated carbocycles. The van der Waals surface area contributed by atoms with Crippen molar-refractivity contribution in [3.8, 4) is 0 Å². The van der Waals surface area contributed by atoms with Crippen molar-refractivity contribution < 1.29 is 38.9 Å². The number of aliphatic carboxylic acids is 1. The molecular weight excluding hydrogens is 262 g/mol. The van der Waals surface area contributed by atoms with Gasteiger partial charge in [-0.15, -0.1) is 0 Å². The Morgan fingerprint density at radius 1 is 1.31 bits per heavy atom. The molecule has 1 aliphatic heterocycles. The van der Waals surface area contributed by atoms with E-state index in [0.29, 0.717) is 0 Å². The van der Waals surface area contributed by atoms with Crippen LogP contribution in [0.4, 0.5) is 0 Å². The van der Waals surface area contributed by atoms with Gasteiger partial charge in [-0.1, -0.05) is 6.92 Å². The Balaban J connectivity index is 0. The minimum absolute atomic E-state index is 0. The van der Waals surface area contributed by atoms with Crippen molar-refractivity contribution in [3.63, 3.8) is 0 Å². The molecule has 0 aromatic carbocycles. The first-order valence-electron chi connectivity index (χ1n) is 5.34. The molecule has 0 aliphatic carbocycles. The normalized spacial score (nSPS) is 16.8. The fraction of sp³-hybridized carbons (Fsp3) is 0.909. The van der Waals surface area contributed by atoms with Crippen LogP contribution < -0.4 is 0 Å². The van der Waals surface area contributed by atoms with Crippen molar-refractivity contribution in [1.82, 2.24) is 0 Å². The summed E-state index contributed by atoms with van der Waals surface area (Å²) in [7, 11) is 0. The van der Waals surface area contributed by atoms with E-state index >= 15 is 0 Å². The second-order valence-electron chi connectivity index (χ2n) is 4.49. The molecule has 0 amide bonds. The molecule has 92 valence electrons. The minimum Gasteiger partial charge on any atom is -0.481 e. The Kier molecular flexibility index (Phi) is 10.4. The van der Waals surface area contributed by atoms with Gasteiger partial charge in [0, 0.05) is 19.5 Å². The average Bonchev–Trinajstić information content (AvgIpc) is 2.18. The second-order valence-corrected chi connectivity index (χ2v) is 4.49. The van der Waals surface area contributed by atoms with Crippen LogP contribution in [-0.4, -0.2) is 30.6 Å². The van der Waals surface area contributed by atoms with Crippen LogP contribution in [0.1, 0.15) is 40.5 Å². The van der Waals surface area contributed by atoms with Crippen molar-refractivity contribution in [1.29, 1.82) is 0 Å². The second kappa shape index (κ2) is 9.09. The minimum atomic E-state index is -0.757. The summed E-state index contributed by atoms with van der Waals surface area (Å²) in [6, 6.07) is 0. The Bertz CT molecular complexity index is 183. The first kappa shape index (κ1) is 18.4. The zero-order valence-corrected chi connectivity index (χ0v) is 13.8. The maximum atomic E-state index is 10.0. The van der Waals surface area contributed by atoms with E-state index in [1.807, 2.05) is 0 Å². The van der Waals surface area contributed by atoms with Crippen molar-refractivity contribution in [3.05, 3.63) is 0 Å². The summed E-state index contributed by atoms with van der Waals surface area (Å²) in [6.45, 7) is 8.80. The van der Waals surface area contributed by atoms with Crippen molar-refractivity contribution in [2.45, 2.75) is 46.8 Å². The van der Waals surface area contributed by atoms with Crippen LogP contribution in [0.5, 0.6) is 0 Å². The Morgan fingerprint density at radius 3 is 1.88 bits per heavy atom. The van der Waals surface area contributed by atoms with Gasteiger partial charge in [0.25, 0.3) is 0 Å². The summed E-state index contributed by atoms with van der Waals surface area (Å²) < 4.78 is 10.4. The van der Waals surface area contributed by atoms with Crippen LogP contribution >= 0.6 is 0 Å². The van der Waals surface area contributed by atoms with Gasteiger partial charge in [-0.2, -0.15) is 0 Å². The summed E-state index contributed by atoms with van der Waals surface area (Å²) in [6.07, 6.45) is 2.11. The Hall–Kier alpha value is 0.0134. The molecule has 1 aliphatic rings. The summed E-state index contributed by atoms with van der Waals surface area (Å²) in [4.78, 5) is 10.0. The van der Waals surface area contributed by atoms with Gasteiger partial charge in [0.1, 0.15) is 0 Å². The van der Waals surface area contributed by atoms with Gasteiger partial charge < -0.3 is 14.6 Å². The van der Waals surface area contributed by atoms with E-state index in [4.69, 9.17) is 14.6 Å². The molecule has 0 unspecified atom stereocenters. The number of carboxylic acid groups (broad SMARTS) is 1. The van der Waals surface area contributed by atoms with Crippen molar-refractivity contribution >= 4 is 5.97 Å². The number of rotatable bonds is 1. The van der Waals surface area contributed by atoms with Crippen LogP contribution in [0.2, 0.25) is 0 Å². The van der Waals surface area contributed by atoms with Gasteiger partial charge >= 0.3 is 5.97 Å². The van der Waals surface area contributed by atoms with E-state index < -0.39 is 11.4 Å². The van der Waals surface area contributed by atoms with Gasteiger partial charge in [-0.3, -0.25) is 4.79 Å². The fourth-order valence-electron chi connectivity index (χ4n) is 0.772. The molecule has 0 atom stereocenters. The number of hydrogen-bond donors (Lipinski definition) is 1. The summed E-state index contributed by atoms with van der Waals surface area (Å²) in [5.74, 6) is -0.757. The first-order chi connectivity index (χ1) is 6.88. The van der Waals surface area contributed by atoms with Crippen LogP contribution in [0, 0.1) is 5.41 Å². The summed E-state index contributed by atoms with van der Waals surface area (Å²) in [5, 5.41) is 8.25. The fourth-order valence-corrected chi connectivity index (χ4v) is 0.772. The molecule has 1 saturated heterocycles. The monoisotopic (exact) mass is 282 g/mol. The SMILES string of the molecule is CC(C)(C)C(=O)O.CCC1OCCCO1.[Zn]. The van der Waals surface area contributed by atoms with Gasteiger partial charge in [0.05, 0.1) is 18.6 Å². The number of ether oxygens (including phenoxy) is 2. The Labute approximate surface area is 110 Å². The molecule has 1 heterocycles. The van der Waals surface area contributed by atoms with Gasteiger partial charge in [0.15, 0.2) is 6.29 Å². The topological polar surface area (TPSA) is 55.8 Å². The number of carbonyl (C=O) groups is 1. The van der Waals surface area contributed by atoms with Gasteiger partial charge in [0.2, 0.25) is 0 Å². The molecule has 5 heteroatoms. The van der Waals surface area contributed by atoms with E-state index in [-0.39, 0.29) is 25.8 Å². The van der Waals surface area contributed by atoms with E-state index in [1.165, 1.54) is 0 Å². The largest absolute Gasteiger partial charge is 0.481 e. The Morgan fingerprint density at radius 2 is 1.69 bits per heavy atom. The van der Waals surface area contributed by atoms with E-state index in [2.05, 4.69) is 6.92 Å². The molecule has 4 nitrogen and oxygen atoms in total. The zero-order valence-electron chi connectivity index (χ0n) is 10.8. The predicted molar refractivity (Wildman–Crippen MR) is 57.7 cm³/mol. The molecule has 1 rings (SSSR count). The smallest absolute Gasteiger partial charge is 0.308 e. The summed E-state index contributed by atoms with van der Waals surface area (Å²) >= 11 is 0. The molecule has 0 aromatic rings. The maximum absolute atomic E-state index is 10.0. The quantitative estimate of drug-likeness (QED) is 0.750. The van der Waals surface area contributed by atoms with Crippen LogP contribution in [0.3, 0.4) is 0 Å². The zero-order chi connectivity index (χ0) is 11.9. The standard InChI is InChI=1S/C6H12O2.C5H10O2.Zn/c1-2-6-7-4-3-5-8-6;1-5(2,3)4(6)7;/h6H,2-5H2,1H3;1-3H3,(H,6,7);. The molecular formula is C11H22O4Zn. The molecule has 0 spiro atoms. The molecule has 16 heavy (non-hydrogen) atoms. The first-order valence-corrected chi connectivity index (χ1v) is 5.34. The maximum Gasteiger partial charge on any atom is 0.308 e. The van der Waals surface area contributed by atoms with E-state index in [1.54, 1.807) is 20.8 Å². The van der Waals surface area contributed by atoms with Gasteiger partial charge in [-0.05, 0) is 33.6 Å². The van der Waals surface area contributed by atoms with Crippen LogP contribution in [0.15, 0.2) is 0 Å². The summed E-state index contributed by atoms with van der Waals surface area (Å²) in [5.41, 5.74) is -0.583. The third-order valence-electron chi connectivity index (χ3n) is 1.87. The van der Waals surface area contributed by atoms with Crippen LogP contribution in [0.25, 0.3) is 0 Å². The third-order valence-corrected chi connectivity index (χ3v) is 1.87. The molecule has 0 aromatic heterocycles. The van der Waals surface area contributed by atoms with Crippen molar-refractivity contribution in [2.24, 2.45) is 5.41 Å². The molecule has 1 N–H and O–H groups in total.